The average molecular weight is 161 g/mol. The van der Waals surface area contributed by atoms with Crippen molar-refractivity contribution in [3.8, 4) is 0 Å². The first-order chi connectivity index (χ1) is 5.66. The minimum Gasteiger partial charge on any atom is -0.324 e. The van der Waals surface area contributed by atoms with Crippen LogP contribution in [0.5, 0.6) is 0 Å². The highest BCUT2D eigenvalue weighted by atomic mass is 14.6. The maximum atomic E-state index is 5.81. The third-order valence-electron chi connectivity index (χ3n) is 2.01. The number of hydrogen-bond donors (Lipinski definition) is 1. The molecule has 0 bridgehead atoms. The summed E-state index contributed by atoms with van der Waals surface area (Å²) in [5.41, 5.74) is 6.98. The van der Waals surface area contributed by atoms with E-state index in [4.69, 9.17) is 5.73 Å². The Kier molecular flexibility index (Phi) is 2.66. The zero-order chi connectivity index (χ0) is 9.14. The Balaban J connectivity index is 3.50. The average Bonchev–Trinajstić information content (AvgIpc) is 2.03. The normalized spacial score (nSPS) is 14.8. The summed E-state index contributed by atoms with van der Waals surface area (Å²) in [5.74, 6) is 0. The Labute approximate surface area is 73.2 Å². The van der Waals surface area contributed by atoms with E-state index in [1.165, 1.54) is 10.8 Å². The van der Waals surface area contributed by atoms with Gasteiger partial charge in [-0.2, -0.15) is 0 Å². The molecule has 0 radical (unpaired) electrons. The second-order valence-corrected chi connectivity index (χ2v) is 3.00. The predicted molar refractivity (Wildman–Crippen MR) is 54.0 cm³/mol. The SMILES string of the molecule is C=c1cccc([C@@H](C)N)/c1=C/C. The van der Waals surface area contributed by atoms with Gasteiger partial charge >= 0.3 is 0 Å². The van der Waals surface area contributed by atoms with E-state index in [2.05, 4.69) is 18.7 Å². The van der Waals surface area contributed by atoms with E-state index >= 15 is 0 Å². The second kappa shape index (κ2) is 3.55. The number of rotatable bonds is 1. The van der Waals surface area contributed by atoms with E-state index in [0.29, 0.717) is 0 Å². The van der Waals surface area contributed by atoms with Crippen LogP contribution in [0.3, 0.4) is 0 Å². The van der Waals surface area contributed by atoms with E-state index in [-0.39, 0.29) is 6.04 Å². The van der Waals surface area contributed by atoms with Crippen molar-refractivity contribution in [2.24, 2.45) is 5.73 Å². The molecule has 64 valence electrons. The van der Waals surface area contributed by atoms with Gasteiger partial charge in [0.25, 0.3) is 0 Å². The molecule has 1 atom stereocenters. The lowest BCUT2D eigenvalue weighted by molar-refractivity contribution is 0.810. The van der Waals surface area contributed by atoms with Gasteiger partial charge in [0.15, 0.2) is 0 Å². The van der Waals surface area contributed by atoms with Gasteiger partial charge in [0.1, 0.15) is 0 Å². The molecule has 0 aliphatic heterocycles. The fourth-order valence-corrected chi connectivity index (χ4v) is 1.38. The second-order valence-electron chi connectivity index (χ2n) is 3.00. The maximum absolute atomic E-state index is 5.81. The Morgan fingerprint density at radius 2 is 2.17 bits per heavy atom. The van der Waals surface area contributed by atoms with Gasteiger partial charge in [0, 0.05) is 6.04 Å². The van der Waals surface area contributed by atoms with Crippen molar-refractivity contribution in [2.45, 2.75) is 19.9 Å². The molecule has 0 fully saturated rings. The van der Waals surface area contributed by atoms with Crippen LogP contribution in [-0.2, 0) is 0 Å². The lowest BCUT2D eigenvalue weighted by atomic mass is 10.0. The van der Waals surface area contributed by atoms with Crippen molar-refractivity contribution in [3.05, 3.63) is 34.2 Å². The molecule has 1 aromatic rings. The molecule has 0 heterocycles. The molecule has 0 aliphatic rings. The molecule has 1 heteroatoms. The highest BCUT2D eigenvalue weighted by molar-refractivity contribution is 5.32. The third kappa shape index (κ3) is 1.56. The fraction of sp³-hybridized carbons (Fsp3) is 0.273. The van der Waals surface area contributed by atoms with E-state index in [9.17, 15) is 0 Å². The first kappa shape index (κ1) is 9.01. The molecular formula is C11H15N. The summed E-state index contributed by atoms with van der Waals surface area (Å²) < 4.78 is 0. The predicted octanol–water partition coefficient (Wildman–Crippen LogP) is 0.917. The Morgan fingerprint density at radius 3 is 2.58 bits per heavy atom. The van der Waals surface area contributed by atoms with E-state index in [0.717, 1.165) is 5.22 Å². The van der Waals surface area contributed by atoms with Gasteiger partial charge in [0.2, 0.25) is 0 Å². The van der Waals surface area contributed by atoms with Crippen molar-refractivity contribution in [1.29, 1.82) is 0 Å². The van der Waals surface area contributed by atoms with Crippen molar-refractivity contribution < 1.29 is 0 Å². The molecule has 12 heavy (non-hydrogen) atoms. The molecule has 1 rings (SSSR count). The van der Waals surface area contributed by atoms with Crippen LogP contribution in [0, 0.1) is 0 Å². The Hall–Kier alpha value is -1.08. The van der Waals surface area contributed by atoms with Crippen molar-refractivity contribution in [2.75, 3.05) is 0 Å². The quantitative estimate of drug-likeness (QED) is 0.651. The van der Waals surface area contributed by atoms with Crippen molar-refractivity contribution in [3.63, 3.8) is 0 Å². The van der Waals surface area contributed by atoms with Crippen LogP contribution in [0.2, 0.25) is 0 Å². The molecule has 0 unspecified atom stereocenters. The summed E-state index contributed by atoms with van der Waals surface area (Å²) in [4.78, 5) is 0. The maximum Gasteiger partial charge on any atom is 0.0272 e. The van der Waals surface area contributed by atoms with Gasteiger partial charge in [-0.15, -0.1) is 0 Å². The van der Waals surface area contributed by atoms with Gasteiger partial charge < -0.3 is 5.73 Å². The molecule has 0 saturated heterocycles. The highest BCUT2D eigenvalue weighted by Crippen LogP contribution is 2.00. The number of benzene rings is 1. The highest BCUT2D eigenvalue weighted by Gasteiger charge is 1.99. The number of nitrogens with two attached hydrogens (primary N) is 1. The van der Waals surface area contributed by atoms with E-state index in [1.807, 2.05) is 26.0 Å². The van der Waals surface area contributed by atoms with E-state index in [1.54, 1.807) is 0 Å². The van der Waals surface area contributed by atoms with E-state index < -0.39 is 0 Å². The standard InChI is InChI=1S/C11H15N/c1-4-10-8(2)6-5-7-11(10)9(3)12/h4-7,9H,2,12H2,1,3H3/b10-4+/t9-/m1/s1. The summed E-state index contributed by atoms with van der Waals surface area (Å²) in [6.45, 7) is 7.95. The van der Waals surface area contributed by atoms with Crippen LogP contribution >= 0.6 is 0 Å². The molecule has 0 saturated carbocycles. The van der Waals surface area contributed by atoms with Crippen molar-refractivity contribution >= 4 is 12.7 Å². The van der Waals surface area contributed by atoms with Gasteiger partial charge in [-0.05, 0) is 29.8 Å². The summed E-state index contributed by atoms with van der Waals surface area (Å²) in [5, 5.41) is 2.22. The Morgan fingerprint density at radius 1 is 1.50 bits per heavy atom. The van der Waals surface area contributed by atoms with Gasteiger partial charge in [-0.1, -0.05) is 30.9 Å². The molecular weight excluding hydrogens is 146 g/mol. The molecule has 1 nitrogen and oxygen atoms in total. The fourth-order valence-electron chi connectivity index (χ4n) is 1.38. The first-order valence-electron chi connectivity index (χ1n) is 4.16. The van der Waals surface area contributed by atoms with Crippen LogP contribution in [0.15, 0.2) is 18.2 Å². The summed E-state index contributed by atoms with van der Waals surface area (Å²) in [7, 11) is 0. The molecule has 0 aromatic heterocycles. The zero-order valence-electron chi connectivity index (χ0n) is 7.67. The number of hydrogen-bond acceptors (Lipinski definition) is 1. The summed E-state index contributed by atoms with van der Waals surface area (Å²) in [6, 6.07) is 6.13. The molecule has 0 aliphatic carbocycles. The minimum atomic E-state index is 0.0814. The topological polar surface area (TPSA) is 26.0 Å². The summed E-state index contributed by atoms with van der Waals surface area (Å²) >= 11 is 0. The molecule has 0 spiro atoms. The lowest BCUT2D eigenvalue weighted by Gasteiger charge is -2.06. The first-order valence-corrected chi connectivity index (χ1v) is 4.16. The van der Waals surface area contributed by atoms with Gasteiger partial charge in [-0.25, -0.2) is 0 Å². The minimum absolute atomic E-state index is 0.0814. The monoisotopic (exact) mass is 161 g/mol. The largest absolute Gasteiger partial charge is 0.324 e. The molecule has 0 amide bonds. The van der Waals surface area contributed by atoms with Crippen LogP contribution in [0.4, 0.5) is 0 Å². The third-order valence-corrected chi connectivity index (χ3v) is 2.01. The summed E-state index contributed by atoms with van der Waals surface area (Å²) in [6.07, 6.45) is 2.06. The van der Waals surface area contributed by atoms with Crippen molar-refractivity contribution in [1.82, 2.24) is 0 Å². The van der Waals surface area contributed by atoms with Crippen LogP contribution < -0.4 is 16.2 Å². The van der Waals surface area contributed by atoms with Gasteiger partial charge in [-0.3, -0.25) is 0 Å². The molecule has 2 N–H and O–H groups in total. The zero-order valence-corrected chi connectivity index (χ0v) is 7.67. The Bertz CT molecular complexity index is 363. The van der Waals surface area contributed by atoms with Crippen LogP contribution in [-0.4, -0.2) is 0 Å². The molecule has 1 aromatic carbocycles. The van der Waals surface area contributed by atoms with Crippen LogP contribution in [0.1, 0.15) is 25.5 Å². The van der Waals surface area contributed by atoms with Crippen LogP contribution in [0.25, 0.3) is 12.7 Å². The lowest BCUT2D eigenvalue weighted by Crippen LogP contribution is -2.29. The smallest absolute Gasteiger partial charge is 0.0272 e. The van der Waals surface area contributed by atoms with Gasteiger partial charge in [0.05, 0.1) is 0 Å².